The molecule has 0 heterocycles. The van der Waals surface area contributed by atoms with Crippen molar-refractivity contribution in [3.8, 4) is 0 Å². The number of fused-ring (bicyclic) bond motifs is 2. The molecule has 0 saturated carbocycles. The first-order valence-corrected chi connectivity index (χ1v) is 10.9. The molecule has 0 aliphatic carbocycles. The Morgan fingerprint density at radius 3 is 1.41 bits per heavy atom. The van der Waals surface area contributed by atoms with Gasteiger partial charge in [0.15, 0.2) is 0 Å². The van der Waals surface area contributed by atoms with Crippen molar-refractivity contribution in [3.63, 3.8) is 0 Å². The van der Waals surface area contributed by atoms with E-state index in [1.54, 1.807) is 0 Å². The quantitative estimate of drug-likeness (QED) is 0.318. The van der Waals surface area contributed by atoms with Crippen LogP contribution in [0.1, 0.15) is 0 Å². The van der Waals surface area contributed by atoms with Gasteiger partial charge in [-0.3, -0.25) is 0 Å². The van der Waals surface area contributed by atoms with Crippen LogP contribution in [0.3, 0.4) is 0 Å². The molecule has 0 aliphatic heterocycles. The monoisotopic (exact) mass is 432 g/mol. The summed E-state index contributed by atoms with van der Waals surface area (Å²) in [4.78, 5) is 4.07. The molecule has 0 N–H and O–H groups in total. The van der Waals surface area contributed by atoms with E-state index in [4.69, 9.17) is 24.4 Å². The maximum Gasteiger partial charge on any atom is 0.147 e. The summed E-state index contributed by atoms with van der Waals surface area (Å²) in [5.41, 5.74) is 2.16. The van der Waals surface area contributed by atoms with E-state index >= 15 is 0 Å². The molecular weight excluding hydrogens is 412 g/mol. The SMILES string of the molecule is CN(C(=S)SC(=S)N(C)c1cccc2ccccc12)c1cccc2ccccc12. The van der Waals surface area contributed by atoms with Crippen LogP contribution in [0.2, 0.25) is 0 Å². The molecule has 0 spiro atoms. The lowest BCUT2D eigenvalue weighted by Gasteiger charge is -2.25. The van der Waals surface area contributed by atoms with Gasteiger partial charge in [-0.15, -0.1) is 0 Å². The first-order valence-electron chi connectivity index (χ1n) is 9.25. The van der Waals surface area contributed by atoms with Crippen LogP contribution in [-0.2, 0) is 0 Å². The number of hydrogen-bond donors (Lipinski definition) is 0. The fourth-order valence-electron chi connectivity index (χ4n) is 3.41. The Bertz CT molecular complexity index is 1110. The number of benzene rings is 4. The van der Waals surface area contributed by atoms with Gasteiger partial charge in [-0.05, 0) is 34.7 Å². The summed E-state index contributed by atoms with van der Waals surface area (Å²) >= 11 is 12.9. The van der Waals surface area contributed by atoms with E-state index in [0.29, 0.717) is 0 Å². The minimum atomic E-state index is 0.721. The second-order valence-electron chi connectivity index (χ2n) is 6.75. The third-order valence-electron chi connectivity index (χ3n) is 4.98. The fourth-order valence-corrected chi connectivity index (χ4v) is 4.86. The number of anilines is 2. The molecule has 0 radical (unpaired) electrons. The highest BCUT2D eigenvalue weighted by molar-refractivity contribution is 8.38. The molecule has 0 bridgehead atoms. The third kappa shape index (κ3) is 3.99. The Hall–Kier alpha value is -2.47. The van der Waals surface area contributed by atoms with Gasteiger partial charge < -0.3 is 9.80 Å². The summed E-state index contributed by atoms with van der Waals surface area (Å²) in [7, 11) is 4.00. The van der Waals surface area contributed by atoms with Gasteiger partial charge in [0.25, 0.3) is 0 Å². The van der Waals surface area contributed by atoms with E-state index in [0.717, 1.165) is 20.0 Å². The van der Waals surface area contributed by atoms with Crippen molar-refractivity contribution in [1.29, 1.82) is 0 Å². The van der Waals surface area contributed by atoms with Crippen LogP contribution in [0, 0.1) is 0 Å². The molecule has 4 aromatic rings. The summed E-state index contributed by atoms with van der Waals surface area (Å²) in [6, 6.07) is 29.2. The zero-order valence-electron chi connectivity index (χ0n) is 16.2. The Morgan fingerprint density at radius 2 is 0.966 bits per heavy atom. The first-order chi connectivity index (χ1) is 14.1. The van der Waals surface area contributed by atoms with Gasteiger partial charge in [0.1, 0.15) is 8.64 Å². The highest BCUT2D eigenvalue weighted by Crippen LogP contribution is 2.31. The standard InChI is InChI=1S/C24H20N2S3/c1-25(21-15-7-11-17-9-3-5-13-19(17)21)23(27)29-24(28)26(2)22-16-8-12-18-10-4-6-14-20(18)22/h3-16H,1-2H3. The van der Waals surface area contributed by atoms with Gasteiger partial charge in [0, 0.05) is 36.2 Å². The van der Waals surface area contributed by atoms with Crippen molar-refractivity contribution >= 4 is 77.8 Å². The smallest absolute Gasteiger partial charge is 0.147 e. The zero-order valence-corrected chi connectivity index (χ0v) is 18.7. The number of hydrogen-bond acceptors (Lipinski definition) is 3. The van der Waals surface area contributed by atoms with E-state index in [1.165, 1.54) is 33.3 Å². The van der Waals surface area contributed by atoms with E-state index in [-0.39, 0.29) is 0 Å². The van der Waals surface area contributed by atoms with Crippen molar-refractivity contribution in [2.45, 2.75) is 0 Å². The Kier molecular flexibility index (Phi) is 5.81. The van der Waals surface area contributed by atoms with Gasteiger partial charge in [0.2, 0.25) is 0 Å². The van der Waals surface area contributed by atoms with Crippen LogP contribution < -0.4 is 9.80 Å². The maximum atomic E-state index is 5.74. The topological polar surface area (TPSA) is 6.48 Å². The summed E-state index contributed by atoms with van der Waals surface area (Å²) < 4.78 is 1.44. The molecule has 2 nitrogen and oxygen atoms in total. The lowest BCUT2D eigenvalue weighted by Crippen LogP contribution is -2.28. The van der Waals surface area contributed by atoms with Crippen LogP contribution in [0.25, 0.3) is 21.5 Å². The normalized spacial score (nSPS) is 10.8. The van der Waals surface area contributed by atoms with Gasteiger partial charge in [0.05, 0.1) is 0 Å². The molecule has 5 heteroatoms. The predicted octanol–water partition coefficient (Wildman–Crippen LogP) is 6.87. The van der Waals surface area contributed by atoms with E-state index < -0.39 is 0 Å². The molecule has 4 aromatic carbocycles. The molecule has 0 atom stereocenters. The zero-order chi connectivity index (χ0) is 20.4. The van der Waals surface area contributed by atoms with Crippen LogP contribution in [0.5, 0.6) is 0 Å². The van der Waals surface area contributed by atoms with E-state index in [2.05, 4.69) is 72.8 Å². The van der Waals surface area contributed by atoms with Gasteiger partial charge in [-0.1, -0.05) is 97.2 Å². The maximum absolute atomic E-state index is 5.74. The van der Waals surface area contributed by atoms with Crippen molar-refractivity contribution in [2.75, 3.05) is 23.9 Å². The number of rotatable bonds is 2. The molecule has 144 valence electrons. The minimum Gasteiger partial charge on any atom is -0.329 e. The molecule has 0 unspecified atom stereocenters. The summed E-state index contributed by atoms with van der Waals surface area (Å²) in [5, 5.41) is 4.74. The Balaban J connectivity index is 1.56. The van der Waals surface area contributed by atoms with Crippen molar-refractivity contribution in [1.82, 2.24) is 0 Å². The number of thioether (sulfide) groups is 1. The second-order valence-corrected chi connectivity index (χ2v) is 9.02. The minimum absolute atomic E-state index is 0.721. The third-order valence-corrected chi connectivity index (χ3v) is 6.92. The summed E-state index contributed by atoms with van der Waals surface area (Å²) in [6.45, 7) is 0. The van der Waals surface area contributed by atoms with Gasteiger partial charge >= 0.3 is 0 Å². The van der Waals surface area contributed by atoms with Crippen molar-refractivity contribution in [2.24, 2.45) is 0 Å². The molecule has 4 rings (SSSR count). The molecular formula is C24H20N2S3. The van der Waals surface area contributed by atoms with Crippen LogP contribution >= 0.6 is 36.2 Å². The van der Waals surface area contributed by atoms with Crippen LogP contribution in [0.15, 0.2) is 84.9 Å². The second kappa shape index (κ2) is 8.49. The molecule has 29 heavy (non-hydrogen) atoms. The number of nitrogens with zero attached hydrogens (tertiary/aromatic N) is 2. The average Bonchev–Trinajstić information content (AvgIpc) is 2.77. The molecule has 0 aromatic heterocycles. The summed E-state index contributed by atoms with van der Waals surface area (Å²) in [5.74, 6) is 0. The average molecular weight is 433 g/mol. The van der Waals surface area contributed by atoms with E-state index in [9.17, 15) is 0 Å². The van der Waals surface area contributed by atoms with Crippen molar-refractivity contribution < 1.29 is 0 Å². The number of thiocarbonyl (C=S) groups is 2. The van der Waals surface area contributed by atoms with Crippen molar-refractivity contribution in [3.05, 3.63) is 84.9 Å². The highest BCUT2D eigenvalue weighted by atomic mass is 32.2. The lowest BCUT2D eigenvalue weighted by molar-refractivity contribution is 1.32. The van der Waals surface area contributed by atoms with Gasteiger partial charge in [-0.2, -0.15) is 0 Å². The highest BCUT2D eigenvalue weighted by Gasteiger charge is 2.17. The molecule has 0 saturated heterocycles. The fraction of sp³-hybridized carbons (Fsp3) is 0.0833. The largest absolute Gasteiger partial charge is 0.329 e. The van der Waals surface area contributed by atoms with E-state index in [1.807, 2.05) is 36.0 Å². The predicted molar refractivity (Wildman–Crippen MR) is 137 cm³/mol. The summed E-state index contributed by atoms with van der Waals surface area (Å²) in [6.07, 6.45) is 0. The van der Waals surface area contributed by atoms with Crippen LogP contribution in [0.4, 0.5) is 11.4 Å². The molecule has 0 fully saturated rings. The Morgan fingerprint density at radius 1 is 0.586 bits per heavy atom. The van der Waals surface area contributed by atoms with Gasteiger partial charge in [-0.25, -0.2) is 0 Å². The lowest BCUT2D eigenvalue weighted by atomic mass is 10.1. The first kappa shape index (κ1) is 19.8. The van der Waals surface area contributed by atoms with Crippen LogP contribution in [-0.4, -0.2) is 22.7 Å². The molecule has 0 amide bonds. The Labute approximate surface area is 186 Å². The molecule has 0 aliphatic rings.